The number of hydrogen-bond acceptors (Lipinski definition) is 2. The van der Waals surface area contributed by atoms with Crippen molar-refractivity contribution in [1.29, 1.82) is 0 Å². The fourth-order valence-corrected chi connectivity index (χ4v) is 9.30. The van der Waals surface area contributed by atoms with Crippen molar-refractivity contribution < 1.29 is 18.9 Å². The van der Waals surface area contributed by atoms with E-state index in [1.54, 1.807) is 0 Å². The zero-order valence-corrected chi connectivity index (χ0v) is 52.4. The van der Waals surface area contributed by atoms with Gasteiger partial charge in [-0.2, -0.15) is 0 Å². The molecule has 0 aromatic heterocycles. The van der Waals surface area contributed by atoms with Gasteiger partial charge in [0.05, 0.1) is 6.61 Å². The molecule has 0 radical (unpaired) electrons. The summed E-state index contributed by atoms with van der Waals surface area (Å²) in [5, 5.41) is 0. The summed E-state index contributed by atoms with van der Waals surface area (Å²) in [5.74, 6) is 0.374. The molecule has 426 valence electrons. The molecule has 0 aromatic carbocycles. The molecular weight excluding hydrogens is 936 g/mol. The number of phosphoric acid groups is 1. The van der Waals surface area contributed by atoms with Crippen LogP contribution in [-0.2, 0) is 9.09 Å². The van der Waals surface area contributed by atoms with Crippen LogP contribution in [0.25, 0.3) is 0 Å². The van der Waals surface area contributed by atoms with Crippen molar-refractivity contribution in [3.05, 3.63) is 151 Å². The van der Waals surface area contributed by atoms with Crippen molar-refractivity contribution in [3.8, 4) is 0 Å². The Bertz CT molecular complexity index is 2040. The van der Waals surface area contributed by atoms with Crippen LogP contribution in [0, 0.1) is 5.92 Å². The second-order valence-corrected chi connectivity index (χ2v) is 24.4. The Labute approximate surface area is 465 Å². The maximum atomic E-state index is 10.8. The lowest BCUT2D eigenvalue weighted by Gasteiger charge is -2.11. The molecule has 0 saturated carbocycles. The highest BCUT2D eigenvalue weighted by atomic mass is 31.2. The van der Waals surface area contributed by atoms with E-state index < -0.39 is 7.82 Å². The average Bonchev–Trinajstić information content (AvgIpc) is 3.31. The number of allylic oxidation sites excluding steroid dienone is 26. The van der Waals surface area contributed by atoms with Gasteiger partial charge in [0.1, 0.15) is 0 Å². The smallest absolute Gasteiger partial charge is 0.303 e. The predicted molar refractivity (Wildman–Crippen MR) is 336 cm³/mol. The van der Waals surface area contributed by atoms with Gasteiger partial charge >= 0.3 is 7.82 Å². The van der Waals surface area contributed by atoms with Crippen LogP contribution in [0.1, 0.15) is 277 Å². The molecule has 0 heterocycles. The van der Waals surface area contributed by atoms with E-state index in [0.29, 0.717) is 12.3 Å². The van der Waals surface area contributed by atoms with E-state index in [4.69, 9.17) is 9.79 Å². The molecule has 0 aliphatic carbocycles. The summed E-state index contributed by atoms with van der Waals surface area (Å²) >= 11 is 0. The summed E-state index contributed by atoms with van der Waals surface area (Å²) in [6.45, 7) is 34.0. The minimum Gasteiger partial charge on any atom is -0.303 e. The SMILES string of the molecule is CC(C)=CCC/C(C)=C/CC/C(C)=C/CC/C(C)=C\CC/C(C)=C\CC/C(C)=C\CC/C(C)=C\CC/C(C)=C\CC/C(C)=C\CC/C(C)=C\CC/C(C)=C\CC/C(C)=C\CC/C(C)=C\CCC(C)CCOP(=O)(O)O. The average molecular weight is 1050 g/mol. The summed E-state index contributed by atoms with van der Waals surface area (Å²) in [5.41, 5.74) is 19.5. The highest BCUT2D eigenvalue weighted by Gasteiger charge is 2.14. The van der Waals surface area contributed by atoms with Gasteiger partial charge in [0.2, 0.25) is 0 Å². The molecule has 0 rings (SSSR count). The Morgan fingerprint density at radius 1 is 0.307 bits per heavy atom. The molecule has 0 bridgehead atoms. The standard InChI is InChI=1S/C70H117O4P/c1-57(2)29-16-30-58(3)31-17-32-59(4)33-18-34-60(5)35-19-36-61(6)37-20-38-62(7)39-21-40-63(8)41-22-42-64(9)43-23-44-65(10)45-24-46-66(11)47-25-48-67(12)49-26-50-68(13)51-27-52-69(14)53-28-54-70(15)55-56-74-75(71,72)73/h29,31,33,35,37,39,41,43,45,47,49,51,53,70H,16-28,30,32,34,36,38,40,42,44,46,48,50,52,54-56H2,1-15H3,(H2,71,72,73)/b58-31+,59-33+,60-35-,61-37-,62-39-,63-41-,64-43-,65-45-,66-47-,67-49-,68-51-,69-53-. The Balaban J connectivity index is 4.30. The highest BCUT2D eigenvalue weighted by molar-refractivity contribution is 7.46. The second kappa shape index (κ2) is 45.7. The Morgan fingerprint density at radius 3 is 0.653 bits per heavy atom. The number of rotatable bonds is 43. The van der Waals surface area contributed by atoms with Gasteiger partial charge in [-0.3, -0.25) is 4.52 Å². The lowest BCUT2D eigenvalue weighted by Crippen LogP contribution is -2.00. The van der Waals surface area contributed by atoms with Crippen LogP contribution in [-0.4, -0.2) is 16.4 Å². The molecule has 0 aliphatic heterocycles. The molecule has 0 aliphatic rings. The van der Waals surface area contributed by atoms with E-state index in [-0.39, 0.29) is 6.61 Å². The van der Waals surface area contributed by atoms with Crippen molar-refractivity contribution >= 4 is 7.82 Å². The largest absolute Gasteiger partial charge is 0.469 e. The van der Waals surface area contributed by atoms with Crippen LogP contribution in [0.3, 0.4) is 0 Å². The zero-order valence-electron chi connectivity index (χ0n) is 51.5. The molecule has 0 fully saturated rings. The van der Waals surface area contributed by atoms with E-state index >= 15 is 0 Å². The predicted octanol–water partition coefficient (Wildman–Crippen LogP) is 23.6. The first kappa shape index (κ1) is 71.7. The third kappa shape index (κ3) is 50.0. The molecule has 1 unspecified atom stereocenters. The van der Waals surface area contributed by atoms with Crippen LogP contribution in [0.15, 0.2) is 151 Å². The summed E-state index contributed by atoms with van der Waals surface area (Å²) in [6, 6.07) is 0. The third-order valence-corrected chi connectivity index (χ3v) is 15.0. The van der Waals surface area contributed by atoms with E-state index in [9.17, 15) is 4.57 Å². The maximum absolute atomic E-state index is 10.8. The first-order valence-electron chi connectivity index (χ1n) is 29.8. The second-order valence-electron chi connectivity index (χ2n) is 23.1. The van der Waals surface area contributed by atoms with E-state index in [0.717, 1.165) is 128 Å². The summed E-state index contributed by atoms with van der Waals surface area (Å²) in [7, 11) is -4.36. The number of hydrogen-bond donors (Lipinski definition) is 2. The van der Waals surface area contributed by atoms with Gasteiger partial charge in [0.25, 0.3) is 0 Å². The minimum atomic E-state index is -4.36. The van der Waals surface area contributed by atoms with Crippen molar-refractivity contribution in [2.24, 2.45) is 5.92 Å². The minimum absolute atomic E-state index is 0.106. The van der Waals surface area contributed by atoms with Crippen LogP contribution >= 0.6 is 7.82 Å². The quantitative estimate of drug-likeness (QED) is 0.0472. The maximum Gasteiger partial charge on any atom is 0.469 e. The Kier molecular flexibility index (Phi) is 43.7. The summed E-state index contributed by atoms with van der Waals surface area (Å²) < 4.78 is 15.4. The van der Waals surface area contributed by atoms with Gasteiger partial charge < -0.3 is 9.79 Å². The molecule has 4 nitrogen and oxygen atoms in total. The lowest BCUT2D eigenvalue weighted by atomic mass is 10.0. The molecule has 0 saturated heterocycles. The van der Waals surface area contributed by atoms with E-state index in [1.165, 1.54) is 111 Å². The molecule has 5 heteroatoms. The fraction of sp³-hybridized carbons (Fsp3) is 0.629. The van der Waals surface area contributed by atoms with Crippen molar-refractivity contribution in [2.75, 3.05) is 6.61 Å². The summed E-state index contributed by atoms with van der Waals surface area (Å²) in [4.78, 5) is 17.7. The van der Waals surface area contributed by atoms with E-state index in [2.05, 4.69) is 187 Å². The molecule has 75 heavy (non-hydrogen) atoms. The molecule has 0 spiro atoms. The fourth-order valence-electron chi connectivity index (χ4n) is 8.95. The first-order valence-corrected chi connectivity index (χ1v) is 31.3. The highest BCUT2D eigenvalue weighted by Crippen LogP contribution is 2.36. The Morgan fingerprint density at radius 2 is 0.480 bits per heavy atom. The number of phosphoric ester groups is 1. The Hall–Kier alpha value is -3.27. The van der Waals surface area contributed by atoms with Crippen LogP contribution in [0.4, 0.5) is 0 Å². The van der Waals surface area contributed by atoms with Gasteiger partial charge in [0, 0.05) is 0 Å². The van der Waals surface area contributed by atoms with Crippen molar-refractivity contribution in [1.82, 2.24) is 0 Å². The van der Waals surface area contributed by atoms with Crippen LogP contribution in [0.5, 0.6) is 0 Å². The topological polar surface area (TPSA) is 66.8 Å². The van der Waals surface area contributed by atoms with E-state index in [1.807, 2.05) is 0 Å². The van der Waals surface area contributed by atoms with Crippen molar-refractivity contribution in [3.63, 3.8) is 0 Å². The van der Waals surface area contributed by atoms with Gasteiger partial charge in [-0.25, -0.2) is 4.57 Å². The van der Waals surface area contributed by atoms with Crippen LogP contribution < -0.4 is 0 Å². The molecule has 0 aromatic rings. The molecule has 2 N–H and O–H groups in total. The van der Waals surface area contributed by atoms with Gasteiger partial charge in [0.15, 0.2) is 0 Å². The van der Waals surface area contributed by atoms with Gasteiger partial charge in [-0.1, -0.05) is 158 Å². The lowest BCUT2D eigenvalue weighted by molar-refractivity contribution is 0.185. The van der Waals surface area contributed by atoms with Crippen LogP contribution in [0.2, 0.25) is 0 Å². The van der Waals surface area contributed by atoms with Crippen molar-refractivity contribution in [2.45, 2.75) is 277 Å². The molecule has 1 atom stereocenters. The normalized spacial score (nSPS) is 15.4. The zero-order chi connectivity index (χ0) is 56.3. The monoisotopic (exact) mass is 1050 g/mol. The third-order valence-electron chi connectivity index (χ3n) is 14.5. The molecular formula is C70H117O4P. The first-order chi connectivity index (χ1) is 35.5. The summed E-state index contributed by atoms with van der Waals surface area (Å²) in [6.07, 6.45) is 61.7. The van der Waals surface area contributed by atoms with Gasteiger partial charge in [-0.15, -0.1) is 0 Å². The van der Waals surface area contributed by atoms with Gasteiger partial charge in [-0.05, 0) is 276 Å². The molecule has 0 amide bonds.